The van der Waals surface area contributed by atoms with Gasteiger partial charge in [-0.05, 0) is 90.9 Å². The second-order valence-electron chi connectivity index (χ2n) is 12.4. The van der Waals surface area contributed by atoms with Gasteiger partial charge in [-0.3, -0.25) is 14.5 Å². The van der Waals surface area contributed by atoms with Crippen LogP contribution >= 0.6 is 15.9 Å². The van der Waals surface area contributed by atoms with Gasteiger partial charge in [0.1, 0.15) is 5.75 Å². The highest BCUT2D eigenvalue weighted by Gasteiger charge is 2.58. The average Bonchev–Trinajstić information content (AvgIpc) is 3.26. The van der Waals surface area contributed by atoms with Gasteiger partial charge in [-0.25, -0.2) is 0 Å². The molecule has 2 aliphatic heterocycles. The summed E-state index contributed by atoms with van der Waals surface area (Å²) in [5.41, 5.74) is 4.80. The van der Waals surface area contributed by atoms with Gasteiger partial charge in [0.2, 0.25) is 11.8 Å². The van der Waals surface area contributed by atoms with E-state index < -0.39 is 25.1 Å². The van der Waals surface area contributed by atoms with Gasteiger partial charge in [-0.2, -0.15) is 0 Å². The number of rotatable bonds is 8. The molecule has 2 aliphatic carbocycles. The fourth-order valence-electron chi connectivity index (χ4n) is 7.86. The molecule has 226 valence electrons. The molecule has 0 bridgehead atoms. The maximum atomic E-state index is 14.0. The number of likely N-dealkylation sites (tertiary alicyclic amines) is 1. The molecule has 0 unspecified atom stereocenters. The highest BCUT2D eigenvalue weighted by atomic mass is 79.9. The molecule has 2 amide bonds. The lowest BCUT2D eigenvalue weighted by molar-refractivity contribution is -0.143. The minimum absolute atomic E-state index is 0.0118. The van der Waals surface area contributed by atoms with E-state index in [0.717, 1.165) is 58.9 Å². The molecule has 43 heavy (non-hydrogen) atoms. The Balaban J connectivity index is 1.32. The number of carbonyl (C=O) groups is 2. The lowest BCUT2D eigenvalue weighted by atomic mass is 9.58. The summed E-state index contributed by atoms with van der Waals surface area (Å²) in [6.45, 7) is 0.364. The number of imide groups is 1. The first-order chi connectivity index (χ1) is 20.9. The van der Waals surface area contributed by atoms with Gasteiger partial charge < -0.3 is 19.5 Å². The third-order valence-corrected chi connectivity index (χ3v) is 10.2. The minimum Gasteiger partial charge on any atom is -0.507 e. The van der Waals surface area contributed by atoms with E-state index in [9.17, 15) is 19.7 Å². The number of phenols is 1. The number of hydrogen-bond acceptors (Lipinski definition) is 6. The van der Waals surface area contributed by atoms with Crippen LogP contribution in [0.1, 0.15) is 62.5 Å². The predicted molar refractivity (Wildman–Crippen MR) is 170 cm³/mol. The van der Waals surface area contributed by atoms with Gasteiger partial charge in [0, 0.05) is 23.2 Å². The second kappa shape index (κ2) is 13.1. The topological polar surface area (TPSA) is 96.3 Å². The Hall–Kier alpha value is -2.72. The number of aromatic hydroxyl groups is 1. The number of allylic oxidation sites excluding steroid dienone is 1. The third-order valence-electron chi connectivity index (χ3n) is 9.74. The Bertz CT molecular complexity index is 1420. The molecule has 0 aromatic heterocycles. The maximum absolute atomic E-state index is 14.0. The van der Waals surface area contributed by atoms with Crippen LogP contribution in [0.25, 0.3) is 11.6 Å². The van der Waals surface area contributed by atoms with Crippen molar-refractivity contribution in [2.75, 3.05) is 13.7 Å². The first-order valence-corrected chi connectivity index (χ1v) is 16.3. The smallest absolute Gasteiger partial charge is 0.455 e. The van der Waals surface area contributed by atoms with Crippen LogP contribution in [-0.2, 0) is 19.0 Å². The van der Waals surface area contributed by atoms with E-state index in [-0.39, 0.29) is 29.5 Å². The number of phenolic OH excluding ortho intramolecular Hbond substituents is 1. The van der Waals surface area contributed by atoms with Crippen LogP contribution in [0.3, 0.4) is 0 Å². The summed E-state index contributed by atoms with van der Waals surface area (Å²) < 4.78 is 12.7. The number of amides is 2. The van der Waals surface area contributed by atoms with E-state index in [0.29, 0.717) is 37.8 Å². The predicted octanol–water partition coefficient (Wildman–Crippen LogP) is 6.25. The monoisotopic (exact) mass is 647 g/mol. The minimum atomic E-state index is -1.02. The van der Waals surface area contributed by atoms with Gasteiger partial charge in [-0.1, -0.05) is 65.5 Å². The van der Waals surface area contributed by atoms with Crippen LogP contribution in [-0.4, -0.2) is 59.8 Å². The van der Waals surface area contributed by atoms with Crippen molar-refractivity contribution in [3.63, 3.8) is 0 Å². The molecular weight excluding hydrogens is 609 g/mol. The average molecular weight is 648 g/mol. The summed E-state index contributed by atoms with van der Waals surface area (Å²) in [5.74, 6) is -1.05. The fourth-order valence-corrected chi connectivity index (χ4v) is 8.24. The van der Waals surface area contributed by atoms with Crippen molar-refractivity contribution in [3.8, 4) is 5.75 Å². The lowest BCUT2D eigenvalue weighted by Gasteiger charge is -2.43. The highest BCUT2D eigenvalue weighted by molar-refractivity contribution is 9.10. The lowest BCUT2D eigenvalue weighted by Crippen LogP contribution is -2.47. The molecule has 4 aliphatic rings. The zero-order chi connectivity index (χ0) is 30.1. The van der Waals surface area contributed by atoms with Crippen molar-refractivity contribution in [2.45, 2.75) is 69.8 Å². The number of carbonyl (C=O) groups excluding carboxylic acids is 2. The third kappa shape index (κ3) is 6.14. The Labute approximate surface area is 262 Å². The van der Waals surface area contributed by atoms with Crippen molar-refractivity contribution in [1.29, 1.82) is 0 Å². The Morgan fingerprint density at radius 3 is 2.60 bits per heavy atom. The van der Waals surface area contributed by atoms with Crippen LogP contribution in [0.4, 0.5) is 0 Å². The zero-order valence-corrected chi connectivity index (χ0v) is 26.2. The number of halogens is 1. The molecule has 9 heteroatoms. The van der Waals surface area contributed by atoms with Crippen molar-refractivity contribution in [1.82, 2.24) is 4.90 Å². The first kappa shape index (κ1) is 30.3. The van der Waals surface area contributed by atoms with E-state index in [4.69, 9.17) is 9.39 Å². The molecule has 2 aromatic rings. The van der Waals surface area contributed by atoms with Gasteiger partial charge >= 0.3 is 7.12 Å². The van der Waals surface area contributed by atoms with Crippen molar-refractivity contribution >= 4 is 46.5 Å². The molecule has 1 saturated carbocycles. The zero-order valence-electron chi connectivity index (χ0n) is 24.6. The van der Waals surface area contributed by atoms with Gasteiger partial charge in [0.15, 0.2) is 0 Å². The van der Waals surface area contributed by atoms with Crippen LogP contribution in [0.5, 0.6) is 5.75 Å². The normalized spacial score (nSPS) is 26.6. The first-order valence-electron chi connectivity index (χ1n) is 15.5. The van der Waals surface area contributed by atoms with E-state index in [1.807, 2.05) is 42.5 Å². The summed E-state index contributed by atoms with van der Waals surface area (Å²) in [6.07, 6.45) is 8.53. The molecule has 2 heterocycles. The molecule has 4 atom stereocenters. The molecule has 2 N–H and O–H groups in total. The molecular formula is C34H39BBrNO6. The second-order valence-corrected chi connectivity index (χ2v) is 13.3. The largest absolute Gasteiger partial charge is 0.507 e. The summed E-state index contributed by atoms with van der Waals surface area (Å²) in [4.78, 5) is 29.3. The molecule has 2 saturated heterocycles. The van der Waals surface area contributed by atoms with E-state index in [2.05, 4.69) is 15.9 Å². The molecule has 3 fully saturated rings. The number of nitrogens with zero attached hydrogens (tertiary/aromatic N) is 1. The summed E-state index contributed by atoms with van der Waals surface area (Å²) in [7, 11) is 0.630. The van der Waals surface area contributed by atoms with E-state index in [1.54, 1.807) is 24.1 Å². The molecule has 0 radical (unpaired) electrons. The van der Waals surface area contributed by atoms with Crippen LogP contribution in [0, 0.1) is 17.8 Å². The van der Waals surface area contributed by atoms with Crippen molar-refractivity contribution in [2.24, 2.45) is 17.8 Å². The quantitative estimate of drug-likeness (QED) is 0.152. The van der Waals surface area contributed by atoms with Crippen molar-refractivity contribution in [3.05, 3.63) is 75.3 Å². The number of benzene rings is 2. The maximum Gasteiger partial charge on any atom is 0.455 e. The number of hydrogen-bond donors (Lipinski definition) is 2. The summed E-state index contributed by atoms with van der Waals surface area (Å²) >= 11 is 3.51. The summed E-state index contributed by atoms with van der Waals surface area (Å²) in [5, 5.41) is 21.5. The number of fused-ring (bicyclic) bond motifs is 3. The Morgan fingerprint density at radius 1 is 1.09 bits per heavy atom. The van der Waals surface area contributed by atoms with Gasteiger partial charge in [0.05, 0.1) is 24.5 Å². The molecule has 7 nitrogen and oxygen atoms in total. The number of methoxy groups -OCH3 is 1. The van der Waals surface area contributed by atoms with Crippen LogP contribution in [0.15, 0.2) is 64.1 Å². The van der Waals surface area contributed by atoms with Gasteiger partial charge in [0.25, 0.3) is 0 Å². The van der Waals surface area contributed by atoms with Crippen molar-refractivity contribution < 1.29 is 29.1 Å². The molecule has 0 spiro atoms. The fraction of sp³-hybridized carbons (Fsp3) is 0.471. The molecule has 6 rings (SSSR count). The Morgan fingerprint density at radius 2 is 1.86 bits per heavy atom. The summed E-state index contributed by atoms with van der Waals surface area (Å²) in [6, 6.07) is 15.4. The highest BCUT2D eigenvalue weighted by Crippen LogP contribution is 2.51. The van der Waals surface area contributed by atoms with Crippen LogP contribution in [0.2, 0.25) is 6.32 Å². The standard InChI is InChI=1S/C34H39BBrNO6/c1-42-20-24-18-27-32(34(40)37(33(27)39)26-10-6-3-7-11-26)28-19-35(41)43-30(31(24)28)15-12-22(21-8-4-2-5-9-21)16-23-17-25(36)13-14-29(23)38/h2,4-5,8-9,13-14,16-17,26-28,30,32,38,41H,3,6-7,10-12,15,18-20H2,1H3/b22-16-/t27-,28+,30-,32-/m1/s1. The van der Waals surface area contributed by atoms with E-state index in [1.165, 1.54) is 0 Å². The Kier molecular flexibility index (Phi) is 9.24. The SMILES string of the molecule is COCC1=C2[C@@H](CC/C(=C/c3cc(Br)ccc3O)c3ccccc3)OB(O)C[C@@H]2[C@@H]2C(=O)N(C3CCCCC3)C(=O)[C@@H]2C1. The molecule has 2 aromatic carbocycles. The number of ether oxygens (including phenoxy) is 1. The van der Waals surface area contributed by atoms with Crippen LogP contribution < -0.4 is 0 Å². The van der Waals surface area contributed by atoms with E-state index >= 15 is 0 Å². The van der Waals surface area contributed by atoms with Gasteiger partial charge in [-0.15, -0.1) is 0 Å².